The first-order valence-electron chi connectivity index (χ1n) is 12.4. The number of nitrogens with one attached hydrogen (secondary N) is 1. The van der Waals surface area contributed by atoms with Gasteiger partial charge in [-0.2, -0.15) is 0 Å². The number of carbonyl (C=O) groups is 1. The van der Waals surface area contributed by atoms with Gasteiger partial charge in [-0.15, -0.1) is 0 Å². The maximum Gasteiger partial charge on any atom is 0.235 e. The maximum absolute atomic E-state index is 13.4. The number of ether oxygens (including phenoxy) is 2. The van der Waals surface area contributed by atoms with E-state index in [4.69, 9.17) is 9.47 Å². The van der Waals surface area contributed by atoms with Crippen molar-refractivity contribution in [1.82, 2.24) is 4.90 Å². The van der Waals surface area contributed by atoms with E-state index in [2.05, 4.69) is 24.1 Å². The first-order valence-corrected chi connectivity index (χ1v) is 12.4. The fraction of sp³-hybridized carbons (Fsp3) is 0.536. The molecular weight excluding hydrogens is 412 g/mol. The molecule has 1 N–H and O–H groups in total. The fourth-order valence-corrected chi connectivity index (χ4v) is 5.69. The minimum Gasteiger partial charge on any atom is -0.497 e. The van der Waals surface area contributed by atoms with Crippen molar-refractivity contribution in [3.8, 4) is 11.5 Å². The van der Waals surface area contributed by atoms with E-state index in [1.807, 2.05) is 48.5 Å². The predicted molar refractivity (Wildman–Crippen MR) is 133 cm³/mol. The Kier molecular flexibility index (Phi) is 7.59. The summed E-state index contributed by atoms with van der Waals surface area (Å²) in [6.45, 7) is 8.63. The highest BCUT2D eigenvalue weighted by atomic mass is 16.5. The van der Waals surface area contributed by atoms with Crippen LogP contribution in [0, 0.1) is 11.8 Å². The van der Waals surface area contributed by atoms with E-state index in [0.29, 0.717) is 6.61 Å². The molecule has 1 saturated carbocycles. The van der Waals surface area contributed by atoms with Crippen LogP contribution in [-0.4, -0.2) is 44.2 Å². The van der Waals surface area contributed by atoms with Crippen molar-refractivity contribution in [3.05, 3.63) is 54.1 Å². The summed E-state index contributed by atoms with van der Waals surface area (Å²) in [6.07, 6.45) is 5.21. The second-order valence-electron chi connectivity index (χ2n) is 10.1. The molecule has 4 rings (SSSR count). The van der Waals surface area contributed by atoms with Crippen LogP contribution in [0.25, 0.3) is 0 Å². The Morgan fingerprint density at radius 3 is 2.18 bits per heavy atom. The standard InChI is InChI=1S/C28H38N2O3/c1-21-18-22(2)20-30(19-21)16-17-33-26-12-8-24(9-13-26)29-27(31)28(14-4-5-15-28)23-6-10-25(32-3)11-7-23/h6-13,21-22H,4-5,14-20H2,1-3H3,(H,29,31). The maximum atomic E-state index is 13.4. The molecule has 0 radical (unpaired) electrons. The van der Waals surface area contributed by atoms with Crippen LogP contribution in [0.4, 0.5) is 5.69 Å². The molecule has 0 bridgehead atoms. The quantitative estimate of drug-likeness (QED) is 0.577. The smallest absolute Gasteiger partial charge is 0.235 e. The molecule has 1 aliphatic carbocycles. The van der Waals surface area contributed by atoms with Gasteiger partial charge in [-0.05, 0) is 73.1 Å². The molecule has 2 aromatic rings. The zero-order valence-corrected chi connectivity index (χ0v) is 20.3. The van der Waals surface area contributed by atoms with Gasteiger partial charge in [0.2, 0.25) is 5.91 Å². The summed E-state index contributed by atoms with van der Waals surface area (Å²) in [6, 6.07) is 15.7. The van der Waals surface area contributed by atoms with E-state index in [-0.39, 0.29) is 5.91 Å². The van der Waals surface area contributed by atoms with Crippen molar-refractivity contribution in [2.45, 2.75) is 51.4 Å². The molecule has 178 valence electrons. The summed E-state index contributed by atoms with van der Waals surface area (Å²) in [7, 11) is 1.66. The van der Waals surface area contributed by atoms with Gasteiger partial charge in [0.05, 0.1) is 12.5 Å². The lowest BCUT2D eigenvalue weighted by Gasteiger charge is -2.34. The highest BCUT2D eigenvalue weighted by molar-refractivity contribution is 5.99. The van der Waals surface area contributed by atoms with Crippen molar-refractivity contribution in [3.63, 3.8) is 0 Å². The van der Waals surface area contributed by atoms with E-state index >= 15 is 0 Å². The number of rotatable bonds is 8. The number of methoxy groups -OCH3 is 1. The van der Waals surface area contributed by atoms with Crippen LogP contribution in [0.15, 0.2) is 48.5 Å². The lowest BCUT2D eigenvalue weighted by Crippen LogP contribution is -2.40. The molecule has 0 aromatic heterocycles. The molecule has 2 unspecified atom stereocenters. The summed E-state index contributed by atoms with van der Waals surface area (Å²) in [5.41, 5.74) is 1.41. The summed E-state index contributed by atoms with van der Waals surface area (Å²) in [4.78, 5) is 15.9. The molecule has 0 spiro atoms. The van der Waals surface area contributed by atoms with Crippen molar-refractivity contribution in [1.29, 1.82) is 0 Å². The SMILES string of the molecule is COc1ccc(C2(C(=O)Nc3ccc(OCCN4CC(C)CC(C)C4)cc3)CCCC2)cc1. The number of piperidine rings is 1. The van der Waals surface area contributed by atoms with Crippen molar-refractivity contribution in [2.75, 3.05) is 38.7 Å². The largest absolute Gasteiger partial charge is 0.497 e. The molecular formula is C28H38N2O3. The zero-order chi connectivity index (χ0) is 23.3. The molecule has 1 saturated heterocycles. The van der Waals surface area contributed by atoms with Gasteiger partial charge in [0.25, 0.3) is 0 Å². The monoisotopic (exact) mass is 450 g/mol. The average molecular weight is 451 g/mol. The minimum absolute atomic E-state index is 0.0761. The predicted octanol–water partition coefficient (Wildman–Crippen LogP) is 5.50. The van der Waals surface area contributed by atoms with Crippen LogP contribution in [0.2, 0.25) is 0 Å². The van der Waals surface area contributed by atoms with Crippen LogP contribution in [-0.2, 0) is 10.2 Å². The summed E-state index contributed by atoms with van der Waals surface area (Å²) in [5.74, 6) is 3.26. The van der Waals surface area contributed by atoms with Crippen molar-refractivity contribution in [2.24, 2.45) is 11.8 Å². The average Bonchev–Trinajstić information content (AvgIpc) is 3.31. The highest BCUT2D eigenvalue weighted by Gasteiger charge is 2.42. The van der Waals surface area contributed by atoms with Gasteiger partial charge in [-0.25, -0.2) is 0 Å². The number of nitrogens with zero attached hydrogens (tertiary/aromatic N) is 1. The summed E-state index contributed by atoms with van der Waals surface area (Å²) in [5, 5.41) is 3.16. The molecule has 1 amide bonds. The zero-order valence-electron chi connectivity index (χ0n) is 20.3. The molecule has 2 aromatic carbocycles. The molecule has 2 fully saturated rings. The van der Waals surface area contributed by atoms with Crippen molar-refractivity contribution >= 4 is 11.6 Å². The van der Waals surface area contributed by atoms with E-state index in [0.717, 1.165) is 79.9 Å². The molecule has 5 nitrogen and oxygen atoms in total. The highest BCUT2D eigenvalue weighted by Crippen LogP contribution is 2.42. The second kappa shape index (κ2) is 10.6. The Balaban J connectivity index is 1.33. The van der Waals surface area contributed by atoms with Crippen LogP contribution in [0.3, 0.4) is 0 Å². The number of benzene rings is 2. The van der Waals surface area contributed by atoms with Gasteiger partial charge in [0.1, 0.15) is 18.1 Å². The first-order chi connectivity index (χ1) is 16.0. The number of hydrogen-bond acceptors (Lipinski definition) is 4. The fourth-order valence-electron chi connectivity index (χ4n) is 5.69. The third kappa shape index (κ3) is 5.70. The van der Waals surface area contributed by atoms with Gasteiger partial charge < -0.3 is 14.8 Å². The van der Waals surface area contributed by atoms with Gasteiger partial charge in [-0.3, -0.25) is 9.69 Å². The van der Waals surface area contributed by atoms with Gasteiger partial charge in [0.15, 0.2) is 0 Å². The summed E-state index contributed by atoms with van der Waals surface area (Å²) < 4.78 is 11.3. The minimum atomic E-state index is -0.468. The number of anilines is 1. The number of amides is 1. The molecule has 1 heterocycles. The van der Waals surface area contributed by atoms with E-state index in [1.165, 1.54) is 6.42 Å². The lowest BCUT2D eigenvalue weighted by atomic mass is 9.78. The van der Waals surface area contributed by atoms with E-state index in [1.54, 1.807) is 7.11 Å². The van der Waals surface area contributed by atoms with E-state index < -0.39 is 5.41 Å². The van der Waals surface area contributed by atoms with Gasteiger partial charge in [0, 0.05) is 25.3 Å². The van der Waals surface area contributed by atoms with E-state index in [9.17, 15) is 4.79 Å². The Labute approximate surface area is 198 Å². The summed E-state index contributed by atoms with van der Waals surface area (Å²) >= 11 is 0. The number of carbonyl (C=O) groups excluding carboxylic acids is 1. The first kappa shape index (κ1) is 23.6. The lowest BCUT2D eigenvalue weighted by molar-refractivity contribution is -0.121. The van der Waals surface area contributed by atoms with Crippen LogP contribution >= 0.6 is 0 Å². The van der Waals surface area contributed by atoms with Crippen molar-refractivity contribution < 1.29 is 14.3 Å². The molecule has 5 heteroatoms. The molecule has 2 atom stereocenters. The molecule has 33 heavy (non-hydrogen) atoms. The Morgan fingerprint density at radius 1 is 0.970 bits per heavy atom. The van der Waals surface area contributed by atoms with Gasteiger partial charge >= 0.3 is 0 Å². The number of hydrogen-bond donors (Lipinski definition) is 1. The Hall–Kier alpha value is -2.53. The Bertz CT molecular complexity index is 894. The van der Waals surface area contributed by atoms with Crippen LogP contribution in [0.5, 0.6) is 11.5 Å². The van der Waals surface area contributed by atoms with Gasteiger partial charge in [-0.1, -0.05) is 38.8 Å². The third-order valence-electron chi connectivity index (χ3n) is 7.27. The number of likely N-dealkylation sites (tertiary alicyclic amines) is 1. The Morgan fingerprint density at radius 2 is 1.58 bits per heavy atom. The second-order valence-corrected chi connectivity index (χ2v) is 10.1. The normalized spacial score (nSPS) is 22.6. The molecule has 1 aliphatic heterocycles. The van der Waals surface area contributed by atoms with Crippen LogP contribution in [0.1, 0.15) is 51.5 Å². The third-order valence-corrected chi connectivity index (χ3v) is 7.27. The topological polar surface area (TPSA) is 50.8 Å². The molecule has 2 aliphatic rings. The van der Waals surface area contributed by atoms with Crippen LogP contribution < -0.4 is 14.8 Å².